The van der Waals surface area contributed by atoms with Crippen LogP contribution in [0.1, 0.15) is 16.0 Å². The van der Waals surface area contributed by atoms with Gasteiger partial charge in [-0.15, -0.1) is 0 Å². The highest BCUT2D eigenvalue weighted by atomic mass is 79.9. The van der Waals surface area contributed by atoms with Crippen LogP contribution in [0.5, 0.6) is 0 Å². The van der Waals surface area contributed by atoms with Crippen molar-refractivity contribution in [3.8, 4) is 0 Å². The molecule has 2 rings (SSSR count). The minimum atomic E-state index is -0.219. The summed E-state index contributed by atoms with van der Waals surface area (Å²) in [6.07, 6.45) is 0.464. The molecule has 0 radical (unpaired) electrons. The van der Waals surface area contributed by atoms with E-state index in [0.29, 0.717) is 6.42 Å². The summed E-state index contributed by atoms with van der Waals surface area (Å²) in [5.74, 6) is 0.183. The fourth-order valence-corrected chi connectivity index (χ4v) is 2.16. The largest absolute Gasteiger partial charge is 0.298 e. The number of ketones is 1. The summed E-state index contributed by atoms with van der Waals surface area (Å²) < 4.78 is 0. The molecule has 2 heteroatoms. The molecule has 2 aromatic carbocycles. The molecule has 0 aromatic heterocycles. The van der Waals surface area contributed by atoms with Gasteiger partial charge in [0.15, 0.2) is 5.78 Å². The second-order valence-electron chi connectivity index (χ2n) is 3.90. The number of hydrogen-bond acceptors (Lipinski definition) is 1. The van der Waals surface area contributed by atoms with E-state index in [9.17, 15) is 4.79 Å². The quantitative estimate of drug-likeness (QED) is 0.779. The fourth-order valence-electron chi connectivity index (χ4n) is 1.69. The first-order valence-corrected chi connectivity index (χ1v) is 6.44. The van der Waals surface area contributed by atoms with Crippen molar-refractivity contribution in [2.75, 3.05) is 0 Å². The monoisotopic (exact) mass is 288 g/mol. The first-order valence-electron chi connectivity index (χ1n) is 5.53. The van der Waals surface area contributed by atoms with Crippen molar-refractivity contribution in [3.63, 3.8) is 0 Å². The number of rotatable bonds is 4. The Bertz CT molecular complexity index is 479. The van der Waals surface area contributed by atoms with Gasteiger partial charge in [0.2, 0.25) is 0 Å². The van der Waals surface area contributed by atoms with Gasteiger partial charge in [-0.3, -0.25) is 4.79 Å². The Balaban J connectivity index is 2.06. The maximum Gasteiger partial charge on any atom is 0.155 e. The summed E-state index contributed by atoms with van der Waals surface area (Å²) in [6.45, 7) is 0. The van der Waals surface area contributed by atoms with Crippen molar-refractivity contribution in [3.05, 3.63) is 71.8 Å². The van der Waals surface area contributed by atoms with Gasteiger partial charge in [-0.1, -0.05) is 76.6 Å². The van der Waals surface area contributed by atoms with E-state index in [1.807, 2.05) is 60.7 Å². The molecular formula is C15H13BrO. The molecule has 1 atom stereocenters. The molecule has 0 aliphatic rings. The van der Waals surface area contributed by atoms with E-state index in [2.05, 4.69) is 15.9 Å². The molecule has 86 valence electrons. The molecule has 0 unspecified atom stereocenters. The molecule has 0 fully saturated rings. The molecule has 0 N–H and O–H groups in total. The minimum Gasteiger partial charge on any atom is -0.298 e. The van der Waals surface area contributed by atoms with Gasteiger partial charge in [-0.2, -0.15) is 0 Å². The molecular weight excluding hydrogens is 276 g/mol. The molecule has 0 aliphatic heterocycles. The van der Waals surface area contributed by atoms with E-state index < -0.39 is 0 Å². The lowest BCUT2D eigenvalue weighted by Gasteiger charge is -2.09. The van der Waals surface area contributed by atoms with Gasteiger partial charge in [0.05, 0.1) is 4.83 Å². The van der Waals surface area contributed by atoms with Crippen LogP contribution >= 0.6 is 15.9 Å². The zero-order valence-corrected chi connectivity index (χ0v) is 10.9. The smallest absolute Gasteiger partial charge is 0.155 e. The molecule has 1 nitrogen and oxygen atoms in total. The van der Waals surface area contributed by atoms with Crippen LogP contribution in [-0.4, -0.2) is 5.78 Å². The van der Waals surface area contributed by atoms with Crippen molar-refractivity contribution in [2.45, 2.75) is 11.2 Å². The fraction of sp³-hybridized carbons (Fsp3) is 0.133. The van der Waals surface area contributed by atoms with Crippen molar-refractivity contribution < 1.29 is 4.79 Å². The summed E-state index contributed by atoms with van der Waals surface area (Å²) in [5, 5.41) is 0. The summed E-state index contributed by atoms with van der Waals surface area (Å²) >= 11 is 3.46. The number of carbonyl (C=O) groups excluding carboxylic acids is 1. The van der Waals surface area contributed by atoms with E-state index in [4.69, 9.17) is 0 Å². The predicted octanol–water partition coefficient (Wildman–Crippen LogP) is 3.93. The van der Waals surface area contributed by atoms with Crippen LogP contribution in [-0.2, 0) is 11.2 Å². The summed E-state index contributed by atoms with van der Waals surface area (Å²) in [5.41, 5.74) is 2.06. The van der Waals surface area contributed by atoms with Gasteiger partial charge < -0.3 is 0 Å². The summed E-state index contributed by atoms with van der Waals surface area (Å²) in [4.78, 5) is 11.8. The maximum atomic E-state index is 12.1. The number of benzene rings is 2. The first-order chi connectivity index (χ1) is 8.27. The lowest BCUT2D eigenvalue weighted by Crippen LogP contribution is -2.09. The normalized spacial score (nSPS) is 12.1. The molecule has 2 aromatic rings. The van der Waals surface area contributed by atoms with Crippen LogP contribution in [0.25, 0.3) is 0 Å². The Labute approximate surface area is 110 Å². The maximum absolute atomic E-state index is 12.1. The van der Waals surface area contributed by atoms with Gasteiger partial charge in [0, 0.05) is 6.42 Å². The highest BCUT2D eigenvalue weighted by Crippen LogP contribution is 2.24. The lowest BCUT2D eigenvalue weighted by molar-refractivity contribution is -0.117. The number of carbonyl (C=O) groups is 1. The average molecular weight is 289 g/mol. The van der Waals surface area contributed by atoms with Crippen LogP contribution in [0, 0.1) is 0 Å². The van der Waals surface area contributed by atoms with Crippen LogP contribution < -0.4 is 0 Å². The SMILES string of the molecule is O=C(Cc1ccccc1)[C@H](Br)c1ccccc1. The van der Waals surface area contributed by atoms with Gasteiger partial charge in [-0.25, -0.2) is 0 Å². The second kappa shape index (κ2) is 5.78. The average Bonchev–Trinajstić information content (AvgIpc) is 2.40. The van der Waals surface area contributed by atoms with Crippen molar-refractivity contribution in [1.29, 1.82) is 0 Å². The van der Waals surface area contributed by atoms with E-state index in [1.54, 1.807) is 0 Å². The van der Waals surface area contributed by atoms with E-state index in [1.165, 1.54) is 0 Å². The number of hydrogen-bond donors (Lipinski definition) is 0. The third-order valence-electron chi connectivity index (χ3n) is 2.60. The molecule has 0 saturated carbocycles. The molecule has 0 aliphatic carbocycles. The lowest BCUT2D eigenvalue weighted by atomic mass is 10.0. The Morgan fingerprint density at radius 2 is 1.47 bits per heavy atom. The third kappa shape index (κ3) is 3.27. The molecule has 0 bridgehead atoms. The summed E-state index contributed by atoms with van der Waals surface area (Å²) in [7, 11) is 0. The zero-order chi connectivity index (χ0) is 12.1. The van der Waals surface area contributed by atoms with E-state index in [-0.39, 0.29) is 10.6 Å². The Morgan fingerprint density at radius 1 is 0.941 bits per heavy atom. The minimum absolute atomic E-state index is 0.183. The highest BCUT2D eigenvalue weighted by Gasteiger charge is 2.16. The predicted molar refractivity (Wildman–Crippen MR) is 73.3 cm³/mol. The van der Waals surface area contributed by atoms with Gasteiger partial charge in [0.25, 0.3) is 0 Å². The van der Waals surface area contributed by atoms with Gasteiger partial charge >= 0.3 is 0 Å². The number of alkyl halides is 1. The third-order valence-corrected chi connectivity index (χ3v) is 3.64. The van der Waals surface area contributed by atoms with E-state index in [0.717, 1.165) is 11.1 Å². The topological polar surface area (TPSA) is 17.1 Å². The molecule has 0 saturated heterocycles. The molecule has 0 amide bonds. The Hall–Kier alpha value is -1.41. The standard InChI is InChI=1S/C15H13BrO/c16-15(13-9-5-2-6-10-13)14(17)11-12-7-3-1-4-8-12/h1-10,15H,11H2/t15-/m1/s1. The van der Waals surface area contributed by atoms with Gasteiger partial charge in [-0.05, 0) is 11.1 Å². The molecule has 0 spiro atoms. The Kier molecular flexibility index (Phi) is 4.10. The number of Topliss-reactive ketones (excluding diaryl/α,β-unsaturated/α-hetero) is 1. The van der Waals surface area contributed by atoms with Gasteiger partial charge in [0.1, 0.15) is 0 Å². The number of halogens is 1. The van der Waals surface area contributed by atoms with Crippen LogP contribution in [0.15, 0.2) is 60.7 Å². The van der Waals surface area contributed by atoms with E-state index >= 15 is 0 Å². The highest BCUT2D eigenvalue weighted by molar-refractivity contribution is 9.09. The van der Waals surface area contributed by atoms with Crippen molar-refractivity contribution in [1.82, 2.24) is 0 Å². The first kappa shape index (κ1) is 12.1. The van der Waals surface area contributed by atoms with Crippen LogP contribution in [0.4, 0.5) is 0 Å². The van der Waals surface area contributed by atoms with Crippen molar-refractivity contribution in [2.24, 2.45) is 0 Å². The molecule has 0 heterocycles. The Morgan fingerprint density at radius 3 is 2.06 bits per heavy atom. The second-order valence-corrected chi connectivity index (χ2v) is 4.82. The molecule has 17 heavy (non-hydrogen) atoms. The van der Waals surface area contributed by atoms with Crippen molar-refractivity contribution >= 4 is 21.7 Å². The van der Waals surface area contributed by atoms with Crippen LogP contribution in [0.3, 0.4) is 0 Å². The van der Waals surface area contributed by atoms with Crippen LogP contribution in [0.2, 0.25) is 0 Å². The summed E-state index contributed by atoms with van der Waals surface area (Å²) in [6, 6.07) is 19.6. The zero-order valence-electron chi connectivity index (χ0n) is 9.34.